The number of hydrogen-bond donors (Lipinski definition) is 1. The molecule has 7 heteroatoms. The minimum atomic E-state index is -0.319. The lowest BCUT2D eigenvalue weighted by atomic mass is 9.94. The number of amides is 3. The summed E-state index contributed by atoms with van der Waals surface area (Å²) >= 11 is 1.63. The fourth-order valence-corrected chi connectivity index (χ4v) is 4.74. The van der Waals surface area contributed by atoms with E-state index in [-0.39, 0.29) is 36.0 Å². The molecule has 3 amide bonds. The number of benzene rings is 2. The summed E-state index contributed by atoms with van der Waals surface area (Å²) in [5.74, 6) is -0.387. The standard InChI is InChI=1S/C24H27N3O3S/c1-31-21-9-5-8-20(15-21)27-16-18(14-22(27)28)24(30)26-12-10-17(11-13-26)23(29)25-19-6-3-2-4-7-19/h2-9,15,17-18H,10-14,16H2,1H3,(H,25,29)/t18-/m1/s1. The third kappa shape index (κ3) is 4.93. The molecule has 2 aliphatic rings. The Morgan fingerprint density at radius 1 is 1.00 bits per heavy atom. The Morgan fingerprint density at radius 3 is 2.45 bits per heavy atom. The van der Waals surface area contributed by atoms with Gasteiger partial charge in [-0.1, -0.05) is 24.3 Å². The highest BCUT2D eigenvalue weighted by Crippen LogP contribution is 2.30. The van der Waals surface area contributed by atoms with Crippen molar-refractivity contribution in [2.45, 2.75) is 24.2 Å². The summed E-state index contributed by atoms with van der Waals surface area (Å²) in [6.07, 6.45) is 3.53. The first-order chi connectivity index (χ1) is 15.0. The van der Waals surface area contributed by atoms with E-state index in [1.807, 2.05) is 65.8 Å². The highest BCUT2D eigenvalue weighted by molar-refractivity contribution is 7.98. The first-order valence-electron chi connectivity index (χ1n) is 10.6. The molecule has 4 rings (SSSR count). The second kappa shape index (κ2) is 9.56. The lowest BCUT2D eigenvalue weighted by Crippen LogP contribution is -2.44. The molecule has 1 N–H and O–H groups in total. The van der Waals surface area contributed by atoms with Gasteiger partial charge in [0.2, 0.25) is 17.7 Å². The molecule has 31 heavy (non-hydrogen) atoms. The largest absolute Gasteiger partial charge is 0.342 e. The molecule has 1 atom stereocenters. The lowest BCUT2D eigenvalue weighted by molar-refractivity contribution is -0.138. The first kappa shape index (κ1) is 21.4. The van der Waals surface area contributed by atoms with Crippen LogP contribution in [0.15, 0.2) is 59.5 Å². The van der Waals surface area contributed by atoms with Crippen LogP contribution in [0.4, 0.5) is 11.4 Å². The Balaban J connectivity index is 1.31. The predicted molar refractivity (Wildman–Crippen MR) is 123 cm³/mol. The Kier molecular flexibility index (Phi) is 6.61. The zero-order valence-electron chi connectivity index (χ0n) is 17.6. The van der Waals surface area contributed by atoms with Crippen LogP contribution in [-0.4, -0.2) is 48.5 Å². The van der Waals surface area contributed by atoms with Crippen molar-refractivity contribution in [1.82, 2.24) is 4.90 Å². The van der Waals surface area contributed by atoms with E-state index in [0.717, 1.165) is 16.3 Å². The Hall–Kier alpha value is -2.80. The number of nitrogens with zero attached hydrogens (tertiary/aromatic N) is 2. The third-order valence-corrected chi connectivity index (χ3v) is 6.78. The molecule has 2 fully saturated rings. The number of anilines is 2. The third-order valence-electron chi connectivity index (χ3n) is 6.06. The van der Waals surface area contributed by atoms with E-state index in [1.54, 1.807) is 16.7 Å². The van der Waals surface area contributed by atoms with Gasteiger partial charge in [0.15, 0.2) is 0 Å². The molecular weight excluding hydrogens is 410 g/mol. The van der Waals surface area contributed by atoms with Crippen LogP contribution in [0.2, 0.25) is 0 Å². The average molecular weight is 438 g/mol. The summed E-state index contributed by atoms with van der Waals surface area (Å²) in [6, 6.07) is 17.3. The molecule has 0 aliphatic carbocycles. The van der Waals surface area contributed by atoms with Gasteiger partial charge in [-0.05, 0) is 49.4 Å². The molecule has 0 radical (unpaired) electrons. The van der Waals surface area contributed by atoms with E-state index in [0.29, 0.717) is 32.5 Å². The van der Waals surface area contributed by atoms with Gasteiger partial charge in [-0.2, -0.15) is 0 Å². The van der Waals surface area contributed by atoms with Crippen LogP contribution < -0.4 is 10.2 Å². The molecule has 6 nitrogen and oxygen atoms in total. The van der Waals surface area contributed by atoms with Gasteiger partial charge in [0.05, 0.1) is 5.92 Å². The second-order valence-electron chi connectivity index (χ2n) is 8.06. The van der Waals surface area contributed by atoms with Gasteiger partial charge in [-0.3, -0.25) is 14.4 Å². The van der Waals surface area contributed by atoms with Crippen LogP contribution >= 0.6 is 11.8 Å². The number of piperidine rings is 1. The van der Waals surface area contributed by atoms with Crippen LogP contribution in [-0.2, 0) is 14.4 Å². The molecular formula is C24H27N3O3S. The number of carbonyl (C=O) groups is 3. The minimum Gasteiger partial charge on any atom is -0.342 e. The minimum absolute atomic E-state index is 0.00581. The topological polar surface area (TPSA) is 69.7 Å². The van der Waals surface area contributed by atoms with Crippen LogP contribution in [0.3, 0.4) is 0 Å². The highest BCUT2D eigenvalue weighted by Gasteiger charge is 2.38. The van der Waals surface area contributed by atoms with Gasteiger partial charge >= 0.3 is 0 Å². The summed E-state index contributed by atoms with van der Waals surface area (Å²) in [7, 11) is 0. The van der Waals surface area contributed by atoms with E-state index in [9.17, 15) is 14.4 Å². The van der Waals surface area contributed by atoms with Crippen molar-refractivity contribution >= 4 is 40.9 Å². The van der Waals surface area contributed by atoms with Gasteiger partial charge in [-0.25, -0.2) is 0 Å². The number of likely N-dealkylation sites (tertiary alicyclic amines) is 1. The van der Waals surface area contributed by atoms with Crippen molar-refractivity contribution in [3.8, 4) is 0 Å². The fraction of sp³-hybridized carbons (Fsp3) is 0.375. The highest BCUT2D eigenvalue weighted by atomic mass is 32.2. The second-order valence-corrected chi connectivity index (χ2v) is 8.94. The molecule has 2 aromatic carbocycles. The zero-order valence-corrected chi connectivity index (χ0v) is 18.4. The van der Waals surface area contributed by atoms with Crippen molar-refractivity contribution in [3.63, 3.8) is 0 Å². The normalized spacial score (nSPS) is 19.5. The zero-order chi connectivity index (χ0) is 21.8. The predicted octanol–water partition coefficient (Wildman–Crippen LogP) is 3.64. The number of nitrogens with one attached hydrogen (secondary N) is 1. The number of rotatable bonds is 5. The maximum Gasteiger partial charge on any atom is 0.228 e. The van der Waals surface area contributed by atoms with Gasteiger partial charge in [-0.15, -0.1) is 11.8 Å². The molecule has 0 bridgehead atoms. The quantitative estimate of drug-likeness (QED) is 0.725. The van der Waals surface area contributed by atoms with Gasteiger partial charge in [0, 0.05) is 48.2 Å². The van der Waals surface area contributed by atoms with Gasteiger partial charge < -0.3 is 15.1 Å². The number of para-hydroxylation sites is 1. The van der Waals surface area contributed by atoms with E-state index < -0.39 is 0 Å². The van der Waals surface area contributed by atoms with Crippen molar-refractivity contribution < 1.29 is 14.4 Å². The number of thioether (sulfide) groups is 1. The summed E-state index contributed by atoms with van der Waals surface area (Å²) in [5.41, 5.74) is 1.64. The van der Waals surface area contributed by atoms with E-state index >= 15 is 0 Å². The molecule has 162 valence electrons. The molecule has 2 heterocycles. The van der Waals surface area contributed by atoms with Crippen LogP contribution in [0, 0.1) is 11.8 Å². The Bertz CT molecular complexity index is 958. The van der Waals surface area contributed by atoms with Crippen LogP contribution in [0.25, 0.3) is 0 Å². The van der Waals surface area contributed by atoms with E-state index in [4.69, 9.17) is 0 Å². The van der Waals surface area contributed by atoms with E-state index in [1.165, 1.54) is 0 Å². The van der Waals surface area contributed by atoms with E-state index in [2.05, 4.69) is 5.32 Å². The SMILES string of the molecule is CSc1cccc(N2C[C@H](C(=O)N3CCC(C(=O)Nc4ccccc4)CC3)CC2=O)c1. The lowest BCUT2D eigenvalue weighted by Gasteiger charge is -2.33. The average Bonchev–Trinajstić information content (AvgIpc) is 3.21. The van der Waals surface area contributed by atoms with Gasteiger partial charge in [0.25, 0.3) is 0 Å². The van der Waals surface area contributed by atoms with Gasteiger partial charge in [0.1, 0.15) is 0 Å². The van der Waals surface area contributed by atoms with Crippen molar-refractivity contribution in [1.29, 1.82) is 0 Å². The molecule has 0 saturated carbocycles. The maximum absolute atomic E-state index is 13.1. The Morgan fingerprint density at radius 2 is 1.74 bits per heavy atom. The van der Waals surface area contributed by atoms with Crippen molar-refractivity contribution in [3.05, 3.63) is 54.6 Å². The van der Waals surface area contributed by atoms with Crippen LogP contribution in [0.5, 0.6) is 0 Å². The number of hydrogen-bond acceptors (Lipinski definition) is 4. The molecule has 2 saturated heterocycles. The fourth-order valence-electron chi connectivity index (χ4n) is 4.29. The van der Waals surface area contributed by atoms with Crippen molar-refractivity contribution in [2.75, 3.05) is 36.1 Å². The van der Waals surface area contributed by atoms with Crippen molar-refractivity contribution in [2.24, 2.45) is 11.8 Å². The monoisotopic (exact) mass is 437 g/mol. The first-order valence-corrected chi connectivity index (χ1v) is 11.9. The summed E-state index contributed by atoms with van der Waals surface area (Å²) in [4.78, 5) is 42.8. The summed E-state index contributed by atoms with van der Waals surface area (Å²) in [5, 5.41) is 2.95. The van der Waals surface area contributed by atoms with Crippen LogP contribution in [0.1, 0.15) is 19.3 Å². The summed E-state index contributed by atoms with van der Waals surface area (Å²) in [6.45, 7) is 1.53. The molecule has 2 aromatic rings. The summed E-state index contributed by atoms with van der Waals surface area (Å²) < 4.78 is 0. The molecule has 0 unspecified atom stereocenters. The number of carbonyl (C=O) groups excluding carboxylic acids is 3. The molecule has 0 aromatic heterocycles. The maximum atomic E-state index is 13.1. The Labute approximate surface area is 187 Å². The smallest absolute Gasteiger partial charge is 0.228 e. The molecule has 2 aliphatic heterocycles. The molecule has 0 spiro atoms.